The molecule has 3 aromatic rings. The average Bonchev–Trinajstić information content (AvgIpc) is 3.21. The summed E-state index contributed by atoms with van der Waals surface area (Å²) in [6.07, 6.45) is 1.12. The minimum absolute atomic E-state index is 0.144. The topological polar surface area (TPSA) is 109 Å². The van der Waals surface area contributed by atoms with Crippen LogP contribution in [0.15, 0.2) is 27.6 Å². The Morgan fingerprint density at radius 3 is 2.53 bits per heavy atom. The molecule has 0 amide bonds. The van der Waals surface area contributed by atoms with Crippen LogP contribution in [0.4, 0.5) is 0 Å². The number of aryl methyl sites for hydroxylation is 2. The molecule has 0 radical (unpaired) electrons. The van der Waals surface area contributed by atoms with Crippen LogP contribution in [0.5, 0.6) is 23.0 Å². The van der Waals surface area contributed by atoms with Crippen molar-refractivity contribution in [2.75, 3.05) is 5.75 Å². The van der Waals surface area contributed by atoms with Crippen LogP contribution >= 0.6 is 11.8 Å². The summed E-state index contributed by atoms with van der Waals surface area (Å²) in [6, 6.07) is 4.73. The molecular formula is C22H24N2O5S. The zero-order valence-corrected chi connectivity index (χ0v) is 18.1. The molecule has 0 bridgehead atoms. The summed E-state index contributed by atoms with van der Waals surface area (Å²) < 4.78 is 11.9. The van der Waals surface area contributed by atoms with Crippen LogP contribution in [0.1, 0.15) is 40.9 Å². The van der Waals surface area contributed by atoms with E-state index in [0.717, 1.165) is 32.9 Å². The third-order valence-electron chi connectivity index (χ3n) is 5.58. The van der Waals surface area contributed by atoms with Crippen LogP contribution < -0.4 is 4.74 Å². The van der Waals surface area contributed by atoms with E-state index in [1.807, 2.05) is 27.7 Å². The Hall–Kier alpha value is -2.87. The lowest BCUT2D eigenvalue weighted by Crippen LogP contribution is -2.36. The molecule has 4 rings (SSSR count). The van der Waals surface area contributed by atoms with Gasteiger partial charge in [-0.05, 0) is 62.9 Å². The lowest BCUT2D eigenvalue weighted by molar-refractivity contribution is 0.0657. The number of nitrogens with zero attached hydrogens (tertiary/aromatic N) is 2. The monoisotopic (exact) mass is 428 g/mol. The van der Waals surface area contributed by atoms with Crippen LogP contribution in [-0.4, -0.2) is 31.2 Å². The minimum Gasteiger partial charge on any atom is -0.507 e. The summed E-state index contributed by atoms with van der Waals surface area (Å²) in [4.78, 5) is 5.49. The van der Waals surface area contributed by atoms with Crippen molar-refractivity contribution in [3.63, 3.8) is 0 Å². The average molecular weight is 429 g/mol. The first-order valence-corrected chi connectivity index (χ1v) is 10.7. The number of aromatic nitrogens is 2. The maximum Gasteiger partial charge on any atom is 0.271 e. The highest BCUT2D eigenvalue weighted by Crippen LogP contribution is 2.50. The highest BCUT2D eigenvalue weighted by Gasteiger charge is 2.41. The number of hydrogen-bond acceptors (Lipinski definition) is 8. The van der Waals surface area contributed by atoms with Gasteiger partial charge in [-0.1, -0.05) is 11.2 Å². The first-order chi connectivity index (χ1) is 14.2. The number of ether oxygens (including phenoxy) is 1. The molecule has 1 aromatic heterocycles. The molecule has 0 saturated carbocycles. The van der Waals surface area contributed by atoms with Crippen LogP contribution in [0.2, 0.25) is 0 Å². The highest BCUT2D eigenvalue weighted by molar-refractivity contribution is 7.99. The normalized spacial score (nSPS) is 18.1. The van der Waals surface area contributed by atoms with Gasteiger partial charge in [0, 0.05) is 17.7 Å². The van der Waals surface area contributed by atoms with Gasteiger partial charge in [-0.3, -0.25) is 0 Å². The molecule has 30 heavy (non-hydrogen) atoms. The Balaban J connectivity index is 1.54. The molecule has 158 valence electrons. The second kappa shape index (κ2) is 7.43. The van der Waals surface area contributed by atoms with E-state index < -0.39 is 5.60 Å². The lowest BCUT2D eigenvalue weighted by Gasteiger charge is -2.34. The zero-order chi connectivity index (χ0) is 21.6. The van der Waals surface area contributed by atoms with Crippen molar-refractivity contribution in [2.24, 2.45) is 0 Å². The van der Waals surface area contributed by atoms with Crippen molar-refractivity contribution in [3.8, 4) is 23.0 Å². The predicted molar refractivity (Wildman–Crippen MR) is 112 cm³/mol. The maximum absolute atomic E-state index is 10.3. The van der Waals surface area contributed by atoms with E-state index in [2.05, 4.69) is 10.1 Å². The maximum atomic E-state index is 10.3. The van der Waals surface area contributed by atoms with Crippen molar-refractivity contribution >= 4 is 11.8 Å². The Morgan fingerprint density at radius 2 is 1.80 bits per heavy atom. The third kappa shape index (κ3) is 3.45. The number of thioether (sulfide) groups is 1. The second-order valence-electron chi connectivity index (χ2n) is 7.84. The van der Waals surface area contributed by atoms with Gasteiger partial charge >= 0.3 is 0 Å². The van der Waals surface area contributed by atoms with Gasteiger partial charge in [0.15, 0.2) is 22.9 Å². The molecule has 1 aliphatic heterocycles. The standard InChI is InChI=1S/C22H24N2O5S/c1-11-12(2)19-20(13(3)18(11)27)30-10-22(4,28-19)21-23-17(24-29-21)8-6-14-5-7-15(25)16(26)9-14/h5,7,9,25-27H,6,8,10H2,1-4H3. The molecule has 0 spiro atoms. The Morgan fingerprint density at radius 1 is 1.03 bits per heavy atom. The molecule has 2 aromatic carbocycles. The smallest absolute Gasteiger partial charge is 0.271 e. The van der Waals surface area contributed by atoms with Gasteiger partial charge in [0.25, 0.3) is 5.89 Å². The number of rotatable bonds is 4. The van der Waals surface area contributed by atoms with E-state index in [1.54, 1.807) is 17.8 Å². The molecular weight excluding hydrogens is 404 g/mol. The van der Waals surface area contributed by atoms with Gasteiger partial charge in [-0.2, -0.15) is 4.98 Å². The third-order valence-corrected chi connectivity index (χ3v) is 7.05. The number of phenols is 3. The molecule has 1 atom stereocenters. The Labute approximate surface area is 178 Å². The van der Waals surface area contributed by atoms with Gasteiger partial charge in [-0.15, -0.1) is 11.8 Å². The molecule has 1 aliphatic rings. The fraction of sp³-hybridized carbons (Fsp3) is 0.364. The van der Waals surface area contributed by atoms with E-state index in [-0.39, 0.29) is 11.5 Å². The van der Waals surface area contributed by atoms with Gasteiger partial charge in [0.05, 0.1) is 4.90 Å². The number of hydrogen-bond donors (Lipinski definition) is 3. The molecule has 8 heteroatoms. The van der Waals surface area contributed by atoms with Gasteiger partial charge < -0.3 is 24.6 Å². The van der Waals surface area contributed by atoms with Crippen molar-refractivity contribution in [3.05, 3.63) is 52.2 Å². The van der Waals surface area contributed by atoms with Gasteiger partial charge in [0.1, 0.15) is 11.5 Å². The summed E-state index contributed by atoms with van der Waals surface area (Å²) in [5.41, 5.74) is 2.62. The van der Waals surface area contributed by atoms with E-state index in [0.29, 0.717) is 36.1 Å². The summed E-state index contributed by atoms with van der Waals surface area (Å²) in [5, 5.41) is 33.5. The van der Waals surface area contributed by atoms with Crippen molar-refractivity contribution < 1.29 is 24.6 Å². The number of fused-ring (bicyclic) bond motifs is 1. The molecule has 2 heterocycles. The number of benzene rings is 2. The van der Waals surface area contributed by atoms with Gasteiger partial charge in [0.2, 0.25) is 0 Å². The van der Waals surface area contributed by atoms with Crippen LogP contribution in [0, 0.1) is 20.8 Å². The molecule has 0 saturated heterocycles. The largest absolute Gasteiger partial charge is 0.507 e. The van der Waals surface area contributed by atoms with Crippen LogP contribution in [0.25, 0.3) is 0 Å². The van der Waals surface area contributed by atoms with Gasteiger partial charge in [-0.25, -0.2) is 0 Å². The SMILES string of the molecule is Cc1c(C)c2c(c(C)c1O)SCC(C)(c1nc(CCc3ccc(O)c(O)c3)no1)O2. The minimum atomic E-state index is -0.777. The summed E-state index contributed by atoms with van der Waals surface area (Å²) in [5.74, 6) is 2.31. The second-order valence-corrected chi connectivity index (χ2v) is 8.83. The molecule has 1 unspecified atom stereocenters. The van der Waals surface area contributed by atoms with Crippen LogP contribution in [0.3, 0.4) is 0 Å². The van der Waals surface area contributed by atoms with Crippen LogP contribution in [-0.2, 0) is 18.4 Å². The summed E-state index contributed by atoms with van der Waals surface area (Å²) in [7, 11) is 0. The molecule has 7 nitrogen and oxygen atoms in total. The first-order valence-electron chi connectivity index (χ1n) is 9.68. The van der Waals surface area contributed by atoms with E-state index >= 15 is 0 Å². The van der Waals surface area contributed by atoms with Crippen molar-refractivity contribution in [1.29, 1.82) is 0 Å². The van der Waals surface area contributed by atoms with E-state index in [9.17, 15) is 15.3 Å². The number of aromatic hydroxyl groups is 3. The van der Waals surface area contributed by atoms with E-state index in [1.165, 1.54) is 12.1 Å². The summed E-state index contributed by atoms with van der Waals surface area (Å²) in [6.45, 7) is 7.64. The molecule has 3 N–H and O–H groups in total. The molecule has 0 aliphatic carbocycles. The highest BCUT2D eigenvalue weighted by atomic mass is 32.2. The first kappa shape index (κ1) is 20.4. The fourth-order valence-electron chi connectivity index (χ4n) is 3.49. The Bertz CT molecular complexity index is 1130. The van der Waals surface area contributed by atoms with Crippen molar-refractivity contribution in [1.82, 2.24) is 10.1 Å². The molecule has 0 fully saturated rings. The fourth-order valence-corrected chi connectivity index (χ4v) is 4.74. The Kier molecular flexibility index (Phi) is 5.05. The summed E-state index contributed by atoms with van der Waals surface area (Å²) >= 11 is 1.61. The lowest BCUT2D eigenvalue weighted by atomic mass is 10.0. The quantitative estimate of drug-likeness (QED) is 0.528. The van der Waals surface area contributed by atoms with E-state index in [4.69, 9.17) is 9.26 Å². The zero-order valence-electron chi connectivity index (χ0n) is 17.3. The number of phenolic OH excluding ortho intramolecular Hbond substituents is 3. The predicted octanol–water partition coefficient (Wildman–Crippen LogP) is 4.30. The van der Waals surface area contributed by atoms with Crippen molar-refractivity contribution in [2.45, 2.75) is 51.0 Å².